The number of amides is 1. The molecule has 1 amide bonds. The highest BCUT2D eigenvalue weighted by atomic mass is 32.2. The fourth-order valence-electron chi connectivity index (χ4n) is 2.91. The zero-order valence-corrected chi connectivity index (χ0v) is 16.4. The van der Waals surface area contributed by atoms with Gasteiger partial charge in [-0.3, -0.25) is 0 Å². The molecular weight excluding hydrogens is 366 g/mol. The summed E-state index contributed by atoms with van der Waals surface area (Å²) < 4.78 is 7.25. The number of hydrogen-bond acceptors (Lipinski definition) is 5. The molecule has 144 valence electrons. The number of carbonyl (C=O) groups is 2. The maximum Gasteiger partial charge on any atom is 0.408 e. The Balaban J connectivity index is 1.88. The zero-order chi connectivity index (χ0) is 19.6. The Hall–Kier alpha value is -2.48. The summed E-state index contributed by atoms with van der Waals surface area (Å²) in [7, 11) is 0. The van der Waals surface area contributed by atoms with Crippen LogP contribution < -0.4 is 5.32 Å². The van der Waals surface area contributed by atoms with Gasteiger partial charge >= 0.3 is 12.1 Å². The fraction of sp³-hybridized carbons (Fsp3) is 0.421. The minimum Gasteiger partial charge on any atom is -0.480 e. The van der Waals surface area contributed by atoms with E-state index >= 15 is 0 Å². The Morgan fingerprint density at radius 3 is 2.67 bits per heavy atom. The van der Waals surface area contributed by atoms with Crippen LogP contribution >= 0.6 is 11.8 Å². The van der Waals surface area contributed by atoms with Gasteiger partial charge in [0.2, 0.25) is 0 Å². The largest absolute Gasteiger partial charge is 0.480 e. The molecule has 1 aliphatic heterocycles. The van der Waals surface area contributed by atoms with Crippen LogP contribution in [0, 0.1) is 0 Å². The summed E-state index contributed by atoms with van der Waals surface area (Å²) in [5.41, 5.74) is 1.80. The second-order valence-electron chi connectivity index (χ2n) is 7.30. The van der Waals surface area contributed by atoms with E-state index in [4.69, 9.17) is 9.72 Å². The van der Waals surface area contributed by atoms with Crippen LogP contribution in [-0.4, -0.2) is 44.1 Å². The smallest absolute Gasteiger partial charge is 0.408 e. The van der Waals surface area contributed by atoms with Gasteiger partial charge in [-0.15, -0.1) is 0 Å². The number of rotatable bonds is 5. The van der Waals surface area contributed by atoms with E-state index in [-0.39, 0.29) is 6.42 Å². The number of nitrogens with one attached hydrogen (secondary N) is 1. The molecule has 1 aromatic heterocycles. The number of benzene rings is 1. The second kappa shape index (κ2) is 7.64. The lowest BCUT2D eigenvalue weighted by atomic mass is 10.0. The van der Waals surface area contributed by atoms with E-state index in [1.807, 2.05) is 34.9 Å². The van der Waals surface area contributed by atoms with Gasteiger partial charge in [-0.25, -0.2) is 14.6 Å². The van der Waals surface area contributed by atoms with Gasteiger partial charge in [0.25, 0.3) is 0 Å². The highest BCUT2D eigenvalue weighted by molar-refractivity contribution is 7.99. The van der Waals surface area contributed by atoms with Gasteiger partial charge in [-0.2, -0.15) is 0 Å². The van der Waals surface area contributed by atoms with Crippen molar-refractivity contribution in [3.63, 3.8) is 0 Å². The lowest BCUT2D eigenvalue weighted by molar-refractivity contribution is -0.139. The minimum absolute atomic E-state index is 0.131. The summed E-state index contributed by atoms with van der Waals surface area (Å²) in [4.78, 5) is 28.5. The Bertz CT molecular complexity index is 843. The molecule has 0 spiro atoms. The average molecular weight is 389 g/mol. The van der Waals surface area contributed by atoms with Crippen molar-refractivity contribution in [2.45, 2.75) is 50.5 Å². The van der Waals surface area contributed by atoms with E-state index in [2.05, 4.69) is 5.32 Å². The standard InChI is InChI=1S/C19H23N3O4S/c1-19(2,3)26-18(25)20-13(16(23)24)11-14-15(12-7-5-4-6-8-12)21-17-22(14)9-10-27-17/h4-8,13H,9-11H2,1-3H3,(H,20,25)(H,23,24). The summed E-state index contributed by atoms with van der Waals surface area (Å²) in [6.07, 6.45) is -0.612. The third-order valence-corrected chi connectivity index (χ3v) is 4.97. The molecule has 2 heterocycles. The van der Waals surface area contributed by atoms with Gasteiger partial charge in [0.1, 0.15) is 11.6 Å². The Morgan fingerprint density at radius 2 is 2.04 bits per heavy atom. The van der Waals surface area contributed by atoms with Gasteiger partial charge in [-0.05, 0) is 20.8 Å². The van der Waals surface area contributed by atoms with E-state index in [1.54, 1.807) is 32.5 Å². The van der Waals surface area contributed by atoms with Crippen molar-refractivity contribution in [1.82, 2.24) is 14.9 Å². The monoisotopic (exact) mass is 389 g/mol. The molecule has 1 atom stereocenters. The molecule has 1 aromatic carbocycles. The number of aromatic nitrogens is 2. The molecule has 7 nitrogen and oxygen atoms in total. The maximum atomic E-state index is 12.1. The number of carboxylic acids is 1. The van der Waals surface area contributed by atoms with Gasteiger partial charge < -0.3 is 19.7 Å². The highest BCUT2D eigenvalue weighted by Gasteiger charge is 2.29. The van der Waals surface area contributed by atoms with Crippen LogP contribution in [0.5, 0.6) is 0 Å². The summed E-state index contributed by atoms with van der Waals surface area (Å²) in [5, 5.41) is 13.0. The maximum absolute atomic E-state index is 12.1. The Labute approximate surface area is 162 Å². The molecule has 0 radical (unpaired) electrons. The number of carbonyl (C=O) groups excluding carboxylic acids is 1. The Kier molecular flexibility index (Phi) is 5.46. The van der Waals surface area contributed by atoms with Gasteiger partial charge in [0, 0.05) is 30.0 Å². The average Bonchev–Trinajstić information content (AvgIpc) is 3.15. The topological polar surface area (TPSA) is 93.5 Å². The van der Waals surface area contributed by atoms with Crippen LogP contribution in [-0.2, 0) is 22.5 Å². The van der Waals surface area contributed by atoms with Crippen molar-refractivity contribution < 1.29 is 19.4 Å². The zero-order valence-electron chi connectivity index (χ0n) is 15.6. The first kappa shape index (κ1) is 19.3. The molecule has 27 heavy (non-hydrogen) atoms. The van der Waals surface area contributed by atoms with E-state index in [1.165, 1.54) is 0 Å². The van der Waals surface area contributed by atoms with Crippen molar-refractivity contribution in [3.05, 3.63) is 36.0 Å². The van der Waals surface area contributed by atoms with Crippen LogP contribution in [0.1, 0.15) is 26.5 Å². The van der Waals surface area contributed by atoms with E-state index in [0.717, 1.165) is 34.4 Å². The SMILES string of the molecule is CC(C)(C)OC(=O)NC(Cc1c(-c2ccccc2)nc2n1CCS2)C(=O)O. The van der Waals surface area contributed by atoms with Crippen molar-refractivity contribution in [3.8, 4) is 11.3 Å². The van der Waals surface area contributed by atoms with E-state index in [0.29, 0.717) is 0 Å². The lowest BCUT2D eigenvalue weighted by Gasteiger charge is -2.22. The molecule has 2 aromatic rings. The summed E-state index contributed by atoms with van der Waals surface area (Å²) in [5.74, 6) is -0.206. The molecule has 8 heteroatoms. The molecule has 3 rings (SSSR count). The minimum atomic E-state index is -1.11. The summed E-state index contributed by atoms with van der Waals surface area (Å²) in [6.45, 7) is 5.97. The normalized spacial score (nSPS) is 14.5. The number of alkyl carbamates (subject to hydrolysis) is 1. The van der Waals surface area contributed by atoms with E-state index in [9.17, 15) is 14.7 Å². The molecule has 0 bridgehead atoms. The predicted molar refractivity (Wildman–Crippen MR) is 103 cm³/mol. The number of imidazole rings is 1. The predicted octanol–water partition coefficient (Wildman–Crippen LogP) is 3.18. The van der Waals surface area contributed by atoms with Crippen LogP contribution in [0.4, 0.5) is 4.79 Å². The van der Waals surface area contributed by atoms with Gasteiger partial charge in [-0.1, -0.05) is 42.1 Å². The molecule has 0 fully saturated rings. The molecule has 1 aliphatic rings. The molecule has 0 aliphatic carbocycles. The van der Waals surface area contributed by atoms with Crippen LogP contribution in [0.25, 0.3) is 11.3 Å². The highest BCUT2D eigenvalue weighted by Crippen LogP contribution is 2.33. The van der Waals surface area contributed by atoms with Crippen molar-refractivity contribution in [2.24, 2.45) is 0 Å². The third-order valence-electron chi connectivity index (χ3n) is 4.02. The first-order valence-electron chi connectivity index (χ1n) is 8.74. The number of ether oxygens (including phenoxy) is 1. The summed E-state index contributed by atoms with van der Waals surface area (Å²) >= 11 is 1.65. The first-order chi connectivity index (χ1) is 12.7. The van der Waals surface area contributed by atoms with Crippen molar-refractivity contribution in [1.29, 1.82) is 0 Å². The van der Waals surface area contributed by atoms with Gasteiger partial charge in [0.05, 0.1) is 5.69 Å². The van der Waals surface area contributed by atoms with Gasteiger partial charge in [0.15, 0.2) is 5.16 Å². The molecule has 0 saturated carbocycles. The number of thioether (sulfide) groups is 1. The third kappa shape index (κ3) is 4.63. The van der Waals surface area contributed by atoms with Crippen molar-refractivity contribution in [2.75, 3.05) is 5.75 Å². The number of hydrogen-bond donors (Lipinski definition) is 2. The molecule has 2 N–H and O–H groups in total. The van der Waals surface area contributed by atoms with Crippen molar-refractivity contribution >= 4 is 23.8 Å². The first-order valence-corrected chi connectivity index (χ1v) is 9.73. The number of carboxylic acid groups (broad SMARTS) is 1. The van der Waals surface area contributed by atoms with Crippen LogP contribution in [0.2, 0.25) is 0 Å². The van der Waals surface area contributed by atoms with E-state index < -0.39 is 23.7 Å². The van der Waals surface area contributed by atoms with Crippen LogP contribution in [0.15, 0.2) is 35.5 Å². The van der Waals surface area contributed by atoms with Crippen LogP contribution in [0.3, 0.4) is 0 Å². The number of nitrogens with zero attached hydrogens (tertiary/aromatic N) is 2. The molecule has 1 unspecified atom stereocenters. The second-order valence-corrected chi connectivity index (χ2v) is 8.36. The summed E-state index contributed by atoms with van der Waals surface area (Å²) in [6, 6.07) is 8.56. The molecule has 0 saturated heterocycles. The fourth-order valence-corrected chi connectivity index (χ4v) is 3.88. The quantitative estimate of drug-likeness (QED) is 0.816. The number of aliphatic carboxylic acids is 1. The molecular formula is C19H23N3O4S. The Morgan fingerprint density at radius 1 is 1.33 bits per heavy atom. The lowest BCUT2D eigenvalue weighted by Crippen LogP contribution is -2.45. The number of fused-ring (bicyclic) bond motifs is 1.